The Morgan fingerprint density at radius 1 is 0.414 bits per heavy atom. The molecule has 412 valence electrons. The maximum absolute atomic E-state index is 13.3. The SMILES string of the molecule is CCCCCCCC/C=C/CCCCCCCCCCCC(=O)OC(CCCCC/C=C/C=C/CCCCCCCCC)CC(=O)NC(CO)C(O)CCCCCCCCCCCCCCCCCC. The van der Waals surface area contributed by atoms with Gasteiger partial charge >= 0.3 is 5.97 Å². The minimum absolute atomic E-state index is 0.0624. The van der Waals surface area contributed by atoms with E-state index in [9.17, 15) is 19.8 Å². The third-order valence-electron chi connectivity index (χ3n) is 14.5. The van der Waals surface area contributed by atoms with Gasteiger partial charge in [0.2, 0.25) is 5.91 Å². The van der Waals surface area contributed by atoms with Crippen LogP contribution in [-0.4, -0.2) is 46.9 Å². The maximum Gasteiger partial charge on any atom is 0.306 e. The molecule has 3 N–H and O–H groups in total. The molecular weight excluding hydrogens is 863 g/mol. The zero-order chi connectivity index (χ0) is 50.9. The molecule has 3 unspecified atom stereocenters. The van der Waals surface area contributed by atoms with Gasteiger partial charge in [-0.05, 0) is 77.0 Å². The molecule has 0 aromatic heterocycles. The van der Waals surface area contributed by atoms with Crippen molar-refractivity contribution in [3.05, 3.63) is 36.5 Å². The lowest BCUT2D eigenvalue weighted by atomic mass is 10.0. The Kier molecular flexibility index (Phi) is 56.4. The van der Waals surface area contributed by atoms with Crippen molar-refractivity contribution in [1.82, 2.24) is 5.32 Å². The second-order valence-corrected chi connectivity index (χ2v) is 21.5. The van der Waals surface area contributed by atoms with Crippen LogP contribution in [0.1, 0.15) is 335 Å². The summed E-state index contributed by atoms with van der Waals surface area (Å²) in [6.45, 7) is 6.51. The summed E-state index contributed by atoms with van der Waals surface area (Å²) in [5.41, 5.74) is 0. The fraction of sp³-hybridized carbons (Fsp3) is 0.875. The fourth-order valence-corrected chi connectivity index (χ4v) is 9.71. The number of nitrogens with one attached hydrogen (secondary N) is 1. The third kappa shape index (κ3) is 52.4. The van der Waals surface area contributed by atoms with Crippen LogP contribution in [0.3, 0.4) is 0 Å². The number of aliphatic hydroxyl groups is 2. The Balaban J connectivity index is 4.55. The van der Waals surface area contributed by atoms with Crippen molar-refractivity contribution in [1.29, 1.82) is 0 Å². The number of aliphatic hydroxyl groups excluding tert-OH is 2. The van der Waals surface area contributed by atoms with Crippen LogP contribution in [-0.2, 0) is 14.3 Å². The molecule has 6 nitrogen and oxygen atoms in total. The molecule has 70 heavy (non-hydrogen) atoms. The van der Waals surface area contributed by atoms with E-state index >= 15 is 0 Å². The first-order valence-corrected chi connectivity index (χ1v) is 31.2. The van der Waals surface area contributed by atoms with Crippen molar-refractivity contribution < 1.29 is 24.5 Å². The van der Waals surface area contributed by atoms with Crippen LogP contribution in [0.4, 0.5) is 0 Å². The lowest BCUT2D eigenvalue weighted by molar-refractivity contribution is -0.151. The summed E-state index contributed by atoms with van der Waals surface area (Å²) in [5, 5.41) is 23.9. The van der Waals surface area contributed by atoms with Gasteiger partial charge in [0.15, 0.2) is 0 Å². The van der Waals surface area contributed by atoms with Gasteiger partial charge in [-0.2, -0.15) is 0 Å². The topological polar surface area (TPSA) is 95.9 Å². The molecule has 3 atom stereocenters. The first-order valence-electron chi connectivity index (χ1n) is 31.2. The first kappa shape index (κ1) is 68.1. The molecule has 0 rings (SSSR count). The average Bonchev–Trinajstić information content (AvgIpc) is 3.35. The van der Waals surface area contributed by atoms with E-state index in [0.29, 0.717) is 19.3 Å². The van der Waals surface area contributed by atoms with Crippen molar-refractivity contribution in [2.75, 3.05) is 6.61 Å². The summed E-state index contributed by atoms with van der Waals surface area (Å²) >= 11 is 0. The summed E-state index contributed by atoms with van der Waals surface area (Å²) in [6.07, 6.45) is 70.7. The molecule has 0 fully saturated rings. The molecule has 0 aromatic carbocycles. The van der Waals surface area contributed by atoms with Crippen LogP contribution >= 0.6 is 0 Å². The van der Waals surface area contributed by atoms with Crippen LogP contribution < -0.4 is 5.32 Å². The summed E-state index contributed by atoms with van der Waals surface area (Å²) in [7, 11) is 0. The van der Waals surface area contributed by atoms with E-state index in [1.54, 1.807) is 0 Å². The zero-order valence-electron chi connectivity index (χ0n) is 47.2. The van der Waals surface area contributed by atoms with E-state index in [-0.39, 0.29) is 24.9 Å². The monoisotopic (exact) mass is 984 g/mol. The number of ether oxygens (including phenoxy) is 1. The number of hydrogen-bond donors (Lipinski definition) is 3. The smallest absolute Gasteiger partial charge is 0.306 e. The van der Waals surface area contributed by atoms with Gasteiger partial charge in [-0.25, -0.2) is 0 Å². The normalized spacial score (nSPS) is 13.3. The number of carbonyl (C=O) groups is 2. The highest BCUT2D eigenvalue weighted by Crippen LogP contribution is 2.19. The van der Waals surface area contributed by atoms with Crippen LogP contribution in [0.15, 0.2) is 36.5 Å². The second-order valence-electron chi connectivity index (χ2n) is 21.5. The van der Waals surface area contributed by atoms with Gasteiger partial charge in [-0.3, -0.25) is 9.59 Å². The minimum atomic E-state index is -0.795. The average molecular weight is 985 g/mol. The highest BCUT2D eigenvalue weighted by Gasteiger charge is 2.24. The van der Waals surface area contributed by atoms with Crippen molar-refractivity contribution in [3.8, 4) is 0 Å². The molecule has 0 saturated carbocycles. The molecule has 0 heterocycles. The number of rotatable bonds is 57. The lowest BCUT2D eigenvalue weighted by Gasteiger charge is -2.24. The predicted molar refractivity (Wildman–Crippen MR) is 306 cm³/mol. The summed E-state index contributed by atoms with van der Waals surface area (Å²) in [4.78, 5) is 26.4. The highest BCUT2D eigenvalue weighted by molar-refractivity contribution is 5.77. The molecule has 1 amide bonds. The quantitative estimate of drug-likeness (QED) is 0.0244. The number of esters is 1. The highest BCUT2D eigenvalue weighted by atomic mass is 16.5. The molecule has 0 aromatic rings. The molecular formula is C64H121NO5. The van der Waals surface area contributed by atoms with Gasteiger partial charge in [0.05, 0.1) is 25.2 Å². The van der Waals surface area contributed by atoms with Gasteiger partial charge in [-0.1, -0.05) is 282 Å². The Hall–Kier alpha value is -1.92. The molecule has 0 spiro atoms. The number of amides is 1. The summed E-state index contributed by atoms with van der Waals surface area (Å²) in [6, 6.07) is -0.710. The standard InChI is InChI=1S/C64H121NO5/c1-4-7-10-13-16-19-22-25-28-31-32-33-36-39-42-45-48-51-54-57-64(69)70-60(55-52-49-46-43-40-37-34-29-26-23-20-17-14-11-8-5-2)58-63(68)65-61(59-66)62(67)56-53-50-47-44-41-38-35-30-27-24-21-18-15-12-9-6-3/h25,28-29,34,37,40,60-62,66-67H,4-24,26-27,30-33,35-36,38-39,41-59H2,1-3H3,(H,65,68)/b28-25+,34-29+,40-37+. The molecule has 0 saturated heterocycles. The first-order chi connectivity index (χ1) is 34.5. The molecule has 0 radical (unpaired) electrons. The van der Waals surface area contributed by atoms with Gasteiger partial charge < -0.3 is 20.3 Å². The molecule has 6 heteroatoms. The Bertz CT molecular complexity index is 1150. The Labute approximate surface area is 436 Å². The molecule has 0 bridgehead atoms. The number of hydrogen-bond acceptors (Lipinski definition) is 5. The van der Waals surface area contributed by atoms with E-state index < -0.39 is 18.2 Å². The van der Waals surface area contributed by atoms with Crippen molar-refractivity contribution in [2.24, 2.45) is 0 Å². The summed E-state index contributed by atoms with van der Waals surface area (Å²) in [5.74, 6) is -0.485. The lowest BCUT2D eigenvalue weighted by Crippen LogP contribution is -2.46. The van der Waals surface area contributed by atoms with Crippen LogP contribution in [0.2, 0.25) is 0 Å². The van der Waals surface area contributed by atoms with Crippen molar-refractivity contribution in [3.63, 3.8) is 0 Å². The molecule has 0 aliphatic heterocycles. The number of allylic oxidation sites excluding steroid dienone is 6. The second kappa shape index (κ2) is 58.0. The van der Waals surface area contributed by atoms with Gasteiger partial charge in [0.25, 0.3) is 0 Å². The Morgan fingerprint density at radius 2 is 0.729 bits per heavy atom. The fourth-order valence-electron chi connectivity index (χ4n) is 9.71. The van der Waals surface area contributed by atoms with Crippen LogP contribution in [0.5, 0.6) is 0 Å². The van der Waals surface area contributed by atoms with E-state index in [0.717, 1.165) is 70.6 Å². The predicted octanol–water partition coefficient (Wildman–Crippen LogP) is 19.6. The third-order valence-corrected chi connectivity index (χ3v) is 14.5. The van der Waals surface area contributed by atoms with Crippen LogP contribution in [0, 0.1) is 0 Å². The zero-order valence-corrected chi connectivity index (χ0v) is 47.2. The molecule has 0 aliphatic carbocycles. The van der Waals surface area contributed by atoms with E-state index in [1.807, 2.05) is 0 Å². The van der Waals surface area contributed by atoms with E-state index in [1.165, 1.54) is 218 Å². The Morgan fingerprint density at radius 3 is 1.11 bits per heavy atom. The van der Waals surface area contributed by atoms with Gasteiger partial charge in [0.1, 0.15) is 6.10 Å². The van der Waals surface area contributed by atoms with Gasteiger partial charge in [0, 0.05) is 6.42 Å². The van der Waals surface area contributed by atoms with E-state index in [4.69, 9.17) is 4.74 Å². The summed E-state index contributed by atoms with van der Waals surface area (Å²) < 4.78 is 5.97. The van der Waals surface area contributed by atoms with Crippen LogP contribution in [0.25, 0.3) is 0 Å². The number of carbonyl (C=O) groups excluding carboxylic acids is 2. The maximum atomic E-state index is 13.3. The number of unbranched alkanes of at least 4 members (excludes halogenated alkanes) is 40. The van der Waals surface area contributed by atoms with Crippen molar-refractivity contribution in [2.45, 2.75) is 354 Å². The minimum Gasteiger partial charge on any atom is -0.462 e. The van der Waals surface area contributed by atoms with Gasteiger partial charge in [-0.15, -0.1) is 0 Å². The van der Waals surface area contributed by atoms with Crippen molar-refractivity contribution >= 4 is 11.9 Å². The largest absolute Gasteiger partial charge is 0.462 e. The molecule has 0 aliphatic rings. The van der Waals surface area contributed by atoms with E-state index in [2.05, 4.69) is 62.5 Å².